The summed E-state index contributed by atoms with van der Waals surface area (Å²) < 4.78 is 55.0. The zero-order chi connectivity index (χ0) is 23.1. The van der Waals surface area contributed by atoms with Crippen molar-refractivity contribution in [2.75, 3.05) is 19.3 Å². The van der Waals surface area contributed by atoms with Gasteiger partial charge in [0, 0.05) is 19.1 Å². The van der Waals surface area contributed by atoms with E-state index in [1.165, 1.54) is 18.2 Å². The molecule has 8 heteroatoms. The molecular formula is C24H28F2N2O3S. The highest BCUT2D eigenvalue weighted by atomic mass is 32.2. The van der Waals surface area contributed by atoms with Crippen LogP contribution in [0.5, 0.6) is 0 Å². The third-order valence-corrected chi connectivity index (χ3v) is 7.39. The van der Waals surface area contributed by atoms with Crippen LogP contribution >= 0.6 is 0 Å². The first-order valence-electron chi connectivity index (χ1n) is 10.9. The van der Waals surface area contributed by atoms with Gasteiger partial charge in [-0.3, -0.25) is 4.79 Å². The molecule has 5 nitrogen and oxygen atoms in total. The third-order valence-electron chi connectivity index (χ3n) is 6.63. The Labute approximate surface area is 187 Å². The van der Waals surface area contributed by atoms with Gasteiger partial charge in [0.1, 0.15) is 11.6 Å². The van der Waals surface area contributed by atoms with Crippen molar-refractivity contribution in [3.05, 3.63) is 59.7 Å². The largest absolute Gasteiger partial charge is 0.341 e. The van der Waals surface area contributed by atoms with Gasteiger partial charge in [-0.05, 0) is 48.4 Å². The molecule has 0 spiro atoms. The standard InChI is InChI=1S/C24H28F2N2O3S/c1-24(23(29)28-13-6-5-8-16(15-28)27-32(2,30)31)14-19(24)17-9-3-4-10-18(17)22-20(25)11-7-12-21(22)26/h3-4,7,9-12,16,19,27H,5-6,8,13-15H2,1-2H3/t16-,19+,24-/m0/s1. The molecule has 2 aromatic rings. The molecule has 172 valence electrons. The van der Waals surface area contributed by atoms with Gasteiger partial charge in [0.25, 0.3) is 0 Å². The summed E-state index contributed by atoms with van der Waals surface area (Å²) in [5.74, 6) is -1.45. The molecule has 0 aromatic heterocycles. The number of nitrogens with one attached hydrogen (secondary N) is 1. The number of sulfonamides is 1. The van der Waals surface area contributed by atoms with Gasteiger partial charge in [0.05, 0.1) is 17.2 Å². The summed E-state index contributed by atoms with van der Waals surface area (Å²) in [7, 11) is -3.37. The molecule has 4 rings (SSSR count). The van der Waals surface area contributed by atoms with E-state index < -0.39 is 27.1 Å². The molecule has 1 amide bonds. The molecular weight excluding hydrogens is 434 g/mol. The summed E-state index contributed by atoms with van der Waals surface area (Å²) in [6.45, 7) is 2.79. The molecule has 2 aliphatic rings. The van der Waals surface area contributed by atoms with Gasteiger partial charge < -0.3 is 4.90 Å². The van der Waals surface area contributed by atoms with Crippen molar-refractivity contribution in [3.8, 4) is 11.1 Å². The van der Waals surface area contributed by atoms with Gasteiger partial charge in [-0.2, -0.15) is 0 Å². The summed E-state index contributed by atoms with van der Waals surface area (Å²) in [4.78, 5) is 15.3. The Balaban J connectivity index is 1.59. The Morgan fingerprint density at radius 2 is 1.78 bits per heavy atom. The summed E-state index contributed by atoms with van der Waals surface area (Å²) in [6, 6.07) is 10.6. The van der Waals surface area contributed by atoms with Gasteiger partial charge in [0.2, 0.25) is 15.9 Å². The van der Waals surface area contributed by atoms with Crippen molar-refractivity contribution in [1.29, 1.82) is 0 Å². The highest BCUT2D eigenvalue weighted by molar-refractivity contribution is 7.88. The molecule has 1 saturated carbocycles. The number of nitrogens with zero attached hydrogens (tertiary/aromatic N) is 1. The molecule has 1 aliphatic heterocycles. The quantitative estimate of drug-likeness (QED) is 0.729. The molecule has 2 aromatic carbocycles. The Kier molecular flexibility index (Phi) is 6.11. The first-order chi connectivity index (χ1) is 15.1. The second-order valence-corrected chi connectivity index (χ2v) is 11.0. The van der Waals surface area contributed by atoms with E-state index in [4.69, 9.17) is 0 Å². The van der Waals surface area contributed by atoms with Crippen molar-refractivity contribution >= 4 is 15.9 Å². The lowest BCUT2D eigenvalue weighted by molar-refractivity contribution is -0.136. The topological polar surface area (TPSA) is 66.5 Å². The minimum Gasteiger partial charge on any atom is -0.341 e. The second-order valence-electron chi connectivity index (χ2n) is 9.19. The Bertz CT molecular complexity index is 1120. The number of hydrogen-bond donors (Lipinski definition) is 1. The van der Waals surface area contributed by atoms with Crippen LogP contribution in [0.4, 0.5) is 8.78 Å². The average molecular weight is 463 g/mol. The highest BCUT2D eigenvalue weighted by Gasteiger charge is 2.58. The number of rotatable bonds is 5. The van der Waals surface area contributed by atoms with Crippen LogP contribution < -0.4 is 4.72 Å². The van der Waals surface area contributed by atoms with Crippen molar-refractivity contribution < 1.29 is 22.0 Å². The fourth-order valence-corrected chi connectivity index (χ4v) is 5.72. The van der Waals surface area contributed by atoms with E-state index in [-0.39, 0.29) is 23.4 Å². The van der Waals surface area contributed by atoms with Crippen LogP contribution in [-0.2, 0) is 14.8 Å². The fourth-order valence-electron chi connectivity index (χ4n) is 4.92. The van der Waals surface area contributed by atoms with Crippen molar-refractivity contribution in [2.45, 2.75) is 44.6 Å². The van der Waals surface area contributed by atoms with E-state index in [1.54, 1.807) is 17.0 Å². The van der Waals surface area contributed by atoms with Crippen molar-refractivity contribution in [2.24, 2.45) is 5.41 Å². The van der Waals surface area contributed by atoms with Gasteiger partial charge in [-0.1, -0.05) is 43.7 Å². The molecule has 1 aliphatic carbocycles. The predicted octanol–water partition coefficient (Wildman–Crippen LogP) is 4.06. The maximum Gasteiger partial charge on any atom is 0.229 e. The molecule has 32 heavy (non-hydrogen) atoms. The van der Waals surface area contributed by atoms with Crippen LogP contribution in [0.25, 0.3) is 11.1 Å². The first kappa shape index (κ1) is 22.9. The van der Waals surface area contributed by atoms with E-state index in [0.717, 1.165) is 24.7 Å². The maximum absolute atomic E-state index is 14.5. The van der Waals surface area contributed by atoms with Crippen LogP contribution in [0, 0.1) is 17.0 Å². The lowest BCUT2D eigenvalue weighted by atomic mass is 9.91. The summed E-state index contributed by atoms with van der Waals surface area (Å²) in [6.07, 6.45) is 4.05. The minimum atomic E-state index is -3.37. The Morgan fingerprint density at radius 1 is 1.09 bits per heavy atom. The molecule has 3 atom stereocenters. The molecule has 0 bridgehead atoms. The van der Waals surface area contributed by atoms with Crippen LogP contribution in [-0.4, -0.2) is 44.6 Å². The van der Waals surface area contributed by atoms with Crippen molar-refractivity contribution in [3.63, 3.8) is 0 Å². The zero-order valence-corrected chi connectivity index (χ0v) is 19.1. The third kappa shape index (κ3) is 4.57. The lowest BCUT2D eigenvalue weighted by Crippen LogP contribution is -2.46. The van der Waals surface area contributed by atoms with Gasteiger partial charge in [-0.15, -0.1) is 0 Å². The van der Waals surface area contributed by atoms with E-state index >= 15 is 0 Å². The van der Waals surface area contributed by atoms with Crippen LogP contribution in [0.3, 0.4) is 0 Å². The zero-order valence-electron chi connectivity index (χ0n) is 18.3. The number of carbonyl (C=O) groups excluding carboxylic acids is 1. The van der Waals surface area contributed by atoms with Crippen LogP contribution in [0.1, 0.15) is 44.1 Å². The summed E-state index contributed by atoms with van der Waals surface area (Å²) >= 11 is 0. The molecule has 2 fully saturated rings. The van der Waals surface area contributed by atoms with Gasteiger partial charge >= 0.3 is 0 Å². The normalized spacial score (nSPS) is 25.9. The number of likely N-dealkylation sites (tertiary alicyclic amines) is 1. The fraction of sp³-hybridized carbons (Fsp3) is 0.458. The lowest BCUT2D eigenvalue weighted by Gasteiger charge is -2.28. The number of amides is 1. The summed E-state index contributed by atoms with van der Waals surface area (Å²) in [5, 5.41) is 0. The summed E-state index contributed by atoms with van der Waals surface area (Å²) in [5.41, 5.74) is 0.472. The first-order valence-corrected chi connectivity index (χ1v) is 12.8. The number of benzene rings is 2. The van der Waals surface area contributed by atoms with E-state index in [0.29, 0.717) is 31.5 Å². The maximum atomic E-state index is 14.5. The van der Waals surface area contributed by atoms with E-state index in [1.807, 2.05) is 19.1 Å². The van der Waals surface area contributed by atoms with E-state index in [2.05, 4.69) is 4.72 Å². The second kappa shape index (κ2) is 8.56. The van der Waals surface area contributed by atoms with Gasteiger partial charge in [-0.25, -0.2) is 21.9 Å². The number of carbonyl (C=O) groups is 1. The molecule has 0 radical (unpaired) electrons. The Morgan fingerprint density at radius 3 is 2.47 bits per heavy atom. The minimum absolute atomic E-state index is 0.0338. The molecule has 1 N–H and O–H groups in total. The average Bonchev–Trinajstić information content (AvgIpc) is 3.45. The SMILES string of the molecule is C[C@]1(C(=O)N2CCCC[C@H](NS(C)(=O)=O)C2)C[C@@H]1c1ccccc1-c1c(F)cccc1F. The van der Waals surface area contributed by atoms with Crippen LogP contribution in [0.2, 0.25) is 0 Å². The van der Waals surface area contributed by atoms with Crippen LogP contribution in [0.15, 0.2) is 42.5 Å². The van der Waals surface area contributed by atoms with Gasteiger partial charge in [0.15, 0.2) is 0 Å². The molecule has 1 heterocycles. The monoisotopic (exact) mass is 462 g/mol. The number of hydrogen-bond acceptors (Lipinski definition) is 3. The number of halogens is 2. The highest BCUT2D eigenvalue weighted by Crippen LogP contribution is 2.61. The van der Waals surface area contributed by atoms with E-state index in [9.17, 15) is 22.0 Å². The predicted molar refractivity (Wildman–Crippen MR) is 119 cm³/mol. The van der Waals surface area contributed by atoms with Crippen molar-refractivity contribution in [1.82, 2.24) is 9.62 Å². The Hall–Kier alpha value is -2.32. The molecule has 1 saturated heterocycles. The smallest absolute Gasteiger partial charge is 0.229 e. The molecule has 0 unspecified atom stereocenters.